The van der Waals surface area contributed by atoms with Gasteiger partial charge in [0.05, 0.1) is 6.54 Å². The Hall–Kier alpha value is -1.16. The molecule has 1 aliphatic heterocycles. The number of nitrogens with one attached hydrogen (secondary N) is 1. The molecule has 8 heteroatoms. The average Bonchev–Trinajstić information content (AvgIpc) is 2.64. The fraction of sp³-hybridized carbons (Fsp3) is 0.632. The molecule has 1 aromatic carbocycles. The van der Waals surface area contributed by atoms with Crippen LogP contribution in [0.4, 0.5) is 8.78 Å². The monoisotopic (exact) mass is 497 g/mol. The zero-order chi connectivity index (χ0) is 18.8. The van der Waals surface area contributed by atoms with Gasteiger partial charge in [0.25, 0.3) is 0 Å². The molecule has 0 bridgehead atoms. The van der Waals surface area contributed by atoms with E-state index in [1.807, 2.05) is 14.0 Å². The van der Waals surface area contributed by atoms with Gasteiger partial charge in [0.2, 0.25) is 0 Å². The fourth-order valence-corrected chi connectivity index (χ4v) is 2.99. The second-order valence-electron chi connectivity index (χ2n) is 6.42. The van der Waals surface area contributed by atoms with Gasteiger partial charge < -0.3 is 19.7 Å². The fourth-order valence-electron chi connectivity index (χ4n) is 2.99. The molecule has 1 saturated heterocycles. The summed E-state index contributed by atoms with van der Waals surface area (Å²) in [6.07, 6.45) is 3.31. The van der Waals surface area contributed by atoms with E-state index in [2.05, 4.69) is 19.9 Å². The summed E-state index contributed by atoms with van der Waals surface area (Å²) in [5.41, 5.74) is 0.640. The molecule has 1 fully saturated rings. The molecule has 2 rings (SSSR count). The van der Waals surface area contributed by atoms with Crippen molar-refractivity contribution in [2.75, 3.05) is 33.4 Å². The van der Waals surface area contributed by atoms with E-state index in [0.29, 0.717) is 11.5 Å². The summed E-state index contributed by atoms with van der Waals surface area (Å²) in [6, 6.07) is 6.77. The van der Waals surface area contributed by atoms with Crippen LogP contribution in [0.25, 0.3) is 0 Å². The Kier molecular flexibility index (Phi) is 11.6. The van der Waals surface area contributed by atoms with E-state index in [0.717, 1.165) is 51.5 Å². The van der Waals surface area contributed by atoms with Gasteiger partial charge in [0.15, 0.2) is 5.96 Å². The maximum absolute atomic E-state index is 12.5. The average molecular weight is 497 g/mol. The first-order chi connectivity index (χ1) is 12.6. The largest absolute Gasteiger partial charge is 0.434 e. The van der Waals surface area contributed by atoms with Crippen LogP contribution in [0.1, 0.15) is 31.7 Å². The number of hydrogen-bond acceptors (Lipinski definition) is 3. The summed E-state index contributed by atoms with van der Waals surface area (Å²) in [7, 11) is 2.00. The number of nitrogens with zero attached hydrogens (tertiary/aromatic N) is 2. The van der Waals surface area contributed by atoms with Gasteiger partial charge in [-0.05, 0) is 38.2 Å². The van der Waals surface area contributed by atoms with Crippen LogP contribution in [0.5, 0.6) is 5.75 Å². The van der Waals surface area contributed by atoms with Gasteiger partial charge in [-0.1, -0.05) is 18.2 Å². The number of ether oxygens (including phenoxy) is 2. The number of benzene rings is 1. The van der Waals surface area contributed by atoms with Crippen LogP contribution in [-0.4, -0.2) is 50.8 Å². The van der Waals surface area contributed by atoms with Crippen molar-refractivity contribution in [2.24, 2.45) is 10.9 Å². The van der Waals surface area contributed by atoms with Crippen LogP contribution in [0.2, 0.25) is 0 Å². The Bertz CT molecular complexity index is 570. The van der Waals surface area contributed by atoms with E-state index in [4.69, 9.17) is 4.74 Å². The lowest BCUT2D eigenvalue weighted by molar-refractivity contribution is -0.0504. The molecule has 1 heterocycles. The Morgan fingerprint density at radius 1 is 1.33 bits per heavy atom. The Morgan fingerprint density at radius 2 is 2.04 bits per heavy atom. The van der Waals surface area contributed by atoms with Gasteiger partial charge in [0.1, 0.15) is 5.75 Å². The minimum absolute atomic E-state index is 0. The first kappa shape index (κ1) is 23.9. The lowest BCUT2D eigenvalue weighted by Crippen LogP contribution is -2.40. The third-order valence-electron chi connectivity index (χ3n) is 4.50. The topological polar surface area (TPSA) is 46.1 Å². The van der Waals surface area contributed by atoms with Gasteiger partial charge in [0, 0.05) is 38.9 Å². The van der Waals surface area contributed by atoms with Gasteiger partial charge >= 0.3 is 6.61 Å². The van der Waals surface area contributed by atoms with Crippen molar-refractivity contribution in [3.8, 4) is 5.75 Å². The molecule has 27 heavy (non-hydrogen) atoms. The highest BCUT2D eigenvalue weighted by atomic mass is 127. The first-order valence-corrected chi connectivity index (χ1v) is 9.20. The van der Waals surface area contributed by atoms with Crippen molar-refractivity contribution in [1.82, 2.24) is 10.2 Å². The summed E-state index contributed by atoms with van der Waals surface area (Å²) < 4.78 is 35.1. The van der Waals surface area contributed by atoms with E-state index in [1.54, 1.807) is 24.3 Å². The van der Waals surface area contributed by atoms with Gasteiger partial charge in [-0.25, -0.2) is 4.99 Å². The van der Waals surface area contributed by atoms with Crippen molar-refractivity contribution in [3.05, 3.63) is 29.8 Å². The second kappa shape index (κ2) is 13.1. The van der Waals surface area contributed by atoms with Crippen molar-refractivity contribution >= 4 is 29.9 Å². The quantitative estimate of drug-likeness (QED) is 0.334. The molecule has 0 unspecified atom stereocenters. The SMILES string of the molecule is CCNC(=NCc1ccccc1OC(F)F)N(C)CCC1CCOCC1.I. The zero-order valence-electron chi connectivity index (χ0n) is 16.0. The molecular weight excluding hydrogens is 467 g/mol. The number of hydrogen-bond donors (Lipinski definition) is 1. The molecule has 1 aromatic rings. The number of guanidine groups is 1. The van der Waals surface area contributed by atoms with Crippen LogP contribution >= 0.6 is 24.0 Å². The molecule has 0 radical (unpaired) electrons. The van der Waals surface area contributed by atoms with Gasteiger partial charge in [-0.3, -0.25) is 0 Å². The summed E-state index contributed by atoms with van der Waals surface area (Å²) in [6.45, 7) is 2.80. The Morgan fingerprint density at radius 3 is 2.70 bits per heavy atom. The summed E-state index contributed by atoms with van der Waals surface area (Å²) >= 11 is 0. The smallest absolute Gasteiger partial charge is 0.387 e. The summed E-state index contributed by atoms with van der Waals surface area (Å²) in [5, 5.41) is 3.26. The predicted octanol–water partition coefficient (Wildman–Crippen LogP) is 4.12. The maximum atomic E-state index is 12.5. The molecule has 0 atom stereocenters. The van der Waals surface area contributed by atoms with Crippen LogP contribution < -0.4 is 10.1 Å². The van der Waals surface area contributed by atoms with Crippen molar-refractivity contribution in [2.45, 2.75) is 39.3 Å². The number of para-hydroxylation sites is 1. The maximum Gasteiger partial charge on any atom is 0.387 e. The molecule has 1 aliphatic rings. The van der Waals surface area contributed by atoms with Crippen LogP contribution in [0.3, 0.4) is 0 Å². The normalized spacial score (nSPS) is 15.4. The highest BCUT2D eigenvalue weighted by molar-refractivity contribution is 14.0. The molecule has 0 aliphatic carbocycles. The number of alkyl halides is 2. The predicted molar refractivity (Wildman–Crippen MR) is 114 cm³/mol. The lowest BCUT2D eigenvalue weighted by Gasteiger charge is -2.27. The number of halogens is 3. The van der Waals surface area contributed by atoms with Gasteiger partial charge in [-0.15, -0.1) is 24.0 Å². The third kappa shape index (κ3) is 8.59. The Balaban J connectivity index is 0.00000364. The summed E-state index contributed by atoms with van der Waals surface area (Å²) in [5.74, 6) is 1.63. The number of rotatable bonds is 8. The minimum atomic E-state index is -2.84. The van der Waals surface area contributed by atoms with E-state index < -0.39 is 6.61 Å². The Labute approximate surface area is 177 Å². The molecular formula is C19H30F2IN3O2. The number of aliphatic imine (C=N–C) groups is 1. The van der Waals surface area contributed by atoms with Gasteiger partial charge in [-0.2, -0.15) is 8.78 Å². The van der Waals surface area contributed by atoms with E-state index in [1.165, 1.54) is 0 Å². The molecule has 0 aromatic heterocycles. The molecule has 5 nitrogen and oxygen atoms in total. The van der Waals surface area contributed by atoms with E-state index >= 15 is 0 Å². The van der Waals surface area contributed by atoms with Crippen LogP contribution in [0.15, 0.2) is 29.3 Å². The minimum Gasteiger partial charge on any atom is -0.434 e. The van der Waals surface area contributed by atoms with Crippen molar-refractivity contribution in [3.63, 3.8) is 0 Å². The van der Waals surface area contributed by atoms with E-state index in [-0.39, 0.29) is 36.3 Å². The molecule has 0 amide bonds. The molecule has 1 N–H and O–H groups in total. The zero-order valence-corrected chi connectivity index (χ0v) is 18.3. The standard InChI is InChI=1S/C19H29F2N3O2.HI/c1-3-22-19(24(2)11-8-15-9-12-25-13-10-15)23-14-16-6-4-5-7-17(16)26-18(20)21;/h4-7,15,18H,3,8-14H2,1-2H3,(H,22,23);1H. The van der Waals surface area contributed by atoms with E-state index in [9.17, 15) is 8.78 Å². The highest BCUT2D eigenvalue weighted by Crippen LogP contribution is 2.21. The van der Waals surface area contributed by atoms with Crippen LogP contribution in [0, 0.1) is 5.92 Å². The highest BCUT2D eigenvalue weighted by Gasteiger charge is 2.15. The summed E-state index contributed by atoms with van der Waals surface area (Å²) in [4.78, 5) is 6.69. The lowest BCUT2D eigenvalue weighted by atomic mass is 9.96. The third-order valence-corrected chi connectivity index (χ3v) is 4.50. The molecule has 0 spiro atoms. The molecule has 154 valence electrons. The van der Waals surface area contributed by atoms with Crippen LogP contribution in [-0.2, 0) is 11.3 Å². The first-order valence-electron chi connectivity index (χ1n) is 9.20. The molecule has 0 saturated carbocycles. The van der Waals surface area contributed by atoms with Crippen molar-refractivity contribution in [1.29, 1.82) is 0 Å². The van der Waals surface area contributed by atoms with Crippen molar-refractivity contribution < 1.29 is 18.3 Å². The second-order valence-corrected chi connectivity index (χ2v) is 6.42.